The van der Waals surface area contributed by atoms with E-state index in [1.54, 1.807) is 0 Å². The minimum Gasteiger partial charge on any atom is -0.352 e. The molecule has 1 spiro atoms. The van der Waals surface area contributed by atoms with Gasteiger partial charge in [-0.25, -0.2) is 0 Å². The van der Waals surface area contributed by atoms with Crippen molar-refractivity contribution in [3.05, 3.63) is 77.4 Å². The molecule has 1 aromatic rings. The maximum absolute atomic E-state index is 13.1. The monoisotopic (exact) mass is 526 g/mol. The fraction of sp³-hybridized carbons (Fsp3) is 0.464. The molecule has 2 aliphatic rings. The van der Waals surface area contributed by atoms with Crippen molar-refractivity contribution in [1.82, 2.24) is 10.2 Å². The quantitative estimate of drug-likeness (QED) is 0.285. The van der Waals surface area contributed by atoms with E-state index in [1.165, 1.54) is 11.1 Å². The van der Waals surface area contributed by atoms with Crippen LogP contribution in [0.5, 0.6) is 0 Å². The van der Waals surface area contributed by atoms with Crippen LogP contribution in [0.15, 0.2) is 66.3 Å². The van der Waals surface area contributed by atoms with E-state index in [0.717, 1.165) is 32.9 Å². The summed E-state index contributed by atoms with van der Waals surface area (Å²) in [5.41, 5.74) is 1.23. The van der Waals surface area contributed by atoms with Crippen LogP contribution in [-0.4, -0.2) is 49.3 Å². The summed E-state index contributed by atoms with van der Waals surface area (Å²) in [6.07, 6.45) is -0.462. The molecule has 3 nitrogen and oxygen atoms in total. The Morgan fingerprint density at radius 3 is 2.46 bits per heavy atom. The summed E-state index contributed by atoms with van der Waals surface area (Å²) in [5.74, 6) is -2.40. The van der Waals surface area contributed by atoms with Crippen molar-refractivity contribution in [1.29, 1.82) is 0 Å². The largest absolute Gasteiger partial charge is 0.416 e. The molecular weight excluding hydrogens is 494 g/mol. The van der Waals surface area contributed by atoms with Crippen molar-refractivity contribution in [2.45, 2.75) is 50.4 Å². The standard InChI is InChI=1S/C28H32F6N2O/c1-3-23(28(32,33)34)18-21(17-20(2)27(29,30)31)19-35-25(37)9-6-14-36-15-12-26(13-16-36)11-10-22-7-4-5-8-24(22)26/h3-5,7-8,10-11,17-18,20H,1,6,9,12-16,19H2,2H3,(H,35,37)/b21-17+,23-18+. The molecule has 202 valence electrons. The van der Waals surface area contributed by atoms with E-state index in [9.17, 15) is 31.1 Å². The zero-order valence-corrected chi connectivity index (χ0v) is 20.8. The maximum Gasteiger partial charge on any atom is 0.416 e. The second-order valence-corrected chi connectivity index (χ2v) is 9.67. The number of amides is 1. The average molecular weight is 527 g/mol. The Bertz CT molecular complexity index is 1060. The number of hydrogen-bond donors (Lipinski definition) is 1. The molecule has 1 fully saturated rings. The van der Waals surface area contributed by atoms with Crippen LogP contribution in [0.1, 0.15) is 43.7 Å². The van der Waals surface area contributed by atoms with Crippen molar-refractivity contribution in [2.75, 3.05) is 26.2 Å². The molecule has 0 saturated carbocycles. The van der Waals surface area contributed by atoms with Crippen molar-refractivity contribution >= 4 is 12.0 Å². The number of likely N-dealkylation sites (tertiary alicyclic amines) is 1. The number of piperidine rings is 1. The zero-order chi connectivity index (χ0) is 27.3. The van der Waals surface area contributed by atoms with Gasteiger partial charge in [0.05, 0.1) is 11.5 Å². The number of nitrogens with zero attached hydrogens (tertiary/aromatic N) is 1. The first kappa shape index (κ1) is 28.8. The molecule has 1 N–H and O–H groups in total. The Balaban J connectivity index is 1.49. The number of alkyl halides is 6. The fourth-order valence-corrected chi connectivity index (χ4v) is 4.83. The number of halogens is 6. The second-order valence-electron chi connectivity index (χ2n) is 9.67. The molecule has 0 aromatic heterocycles. The van der Waals surface area contributed by atoms with Gasteiger partial charge >= 0.3 is 12.4 Å². The number of carbonyl (C=O) groups is 1. The summed E-state index contributed by atoms with van der Waals surface area (Å²) >= 11 is 0. The predicted octanol–water partition coefficient (Wildman–Crippen LogP) is 6.74. The lowest BCUT2D eigenvalue weighted by Crippen LogP contribution is -2.41. The summed E-state index contributed by atoms with van der Waals surface area (Å²) in [6.45, 7) is 5.96. The first-order valence-electron chi connectivity index (χ1n) is 12.3. The number of rotatable bonds is 9. The van der Waals surface area contributed by atoms with E-state index in [2.05, 4.69) is 47.1 Å². The van der Waals surface area contributed by atoms with Gasteiger partial charge in [-0.3, -0.25) is 4.79 Å². The van der Waals surface area contributed by atoms with Crippen LogP contribution in [0, 0.1) is 5.92 Å². The molecule has 1 aliphatic heterocycles. The maximum atomic E-state index is 13.1. The van der Waals surface area contributed by atoms with E-state index in [0.29, 0.717) is 31.2 Å². The van der Waals surface area contributed by atoms with Gasteiger partial charge in [-0.15, -0.1) is 0 Å². The minimum absolute atomic E-state index is 0.0645. The first-order valence-corrected chi connectivity index (χ1v) is 12.3. The molecule has 1 unspecified atom stereocenters. The van der Waals surface area contributed by atoms with Gasteiger partial charge in [-0.1, -0.05) is 62.1 Å². The van der Waals surface area contributed by atoms with E-state index in [4.69, 9.17) is 0 Å². The van der Waals surface area contributed by atoms with Gasteiger partial charge in [-0.2, -0.15) is 26.3 Å². The number of benzene rings is 1. The average Bonchev–Trinajstić information content (AvgIpc) is 3.18. The van der Waals surface area contributed by atoms with E-state index in [-0.39, 0.29) is 17.4 Å². The van der Waals surface area contributed by atoms with Crippen molar-refractivity contribution in [2.24, 2.45) is 5.92 Å². The van der Waals surface area contributed by atoms with Crippen LogP contribution in [-0.2, 0) is 10.2 Å². The van der Waals surface area contributed by atoms with Crippen LogP contribution in [0.3, 0.4) is 0 Å². The SMILES string of the molecule is C=C/C(=C\C(=C/C(C)C(F)(F)F)CNC(=O)CCCN1CCC2(C=Cc3ccccc32)CC1)C(F)(F)F. The van der Waals surface area contributed by atoms with Gasteiger partial charge in [0, 0.05) is 18.4 Å². The molecule has 1 aliphatic carbocycles. The summed E-state index contributed by atoms with van der Waals surface area (Å²) in [7, 11) is 0. The van der Waals surface area contributed by atoms with Crippen LogP contribution < -0.4 is 5.32 Å². The van der Waals surface area contributed by atoms with Gasteiger partial charge in [0.2, 0.25) is 5.91 Å². The molecule has 9 heteroatoms. The molecule has 37 heavy (non-hydrogen) atoms. The van der Waals surface area contributed by atoms with Crippen LogP contribution in [0.2, 0.25) is 0 Å². The highest BCUT2D eigenvalue weighted by molar-refractivity contribution is 5.76. The normalized spacial score (nSPS) is 19.1. The van der Waals surface area contributed by atoms with Gasteiger partial charge in [0.15, 0.2) is 0 Å². The molecule has 3 rings (SSSR count). The summed E-state index contributed by atoms with van der Waals surface area (Å²) in [5, 5.41) is 2.46. The van der Waals surface area contributed by atoms with Gasteiger partial charge < -0.3 is 10.2 Å². The Hall–Kier alpha value is -2.81. The second kappa shape index (κ2) is 11.7. The lowest BCUT2D eigenvalue weighted by Gasteiger charge is -2.39. The molecule has 1 heterocycles. The van der Waals surface area contributed by atoms with Crippen LogP contribution >= 0.6 is 0 Å². The Morgan fingerprint density at radius 1 is 1.16 bits per heavy atom. The topological polar surface area (TPSA) is 32.3 Å². The van der Waals surface area contributed by atoms with E-state index < -0.39 is 36.3 Å². The van der Waals surface area contributed by atoms with E-state index >= 15 is 0 Å². The molecule has 1 amide bonds. The third-order valence-corrected chi connectivity index (χ3v) is 7.06. The smallest absolute Gasteiger partial charge is 0.352 e. The molecular formula is C28H32F6N2O. The molecule has 1 atom stereocenters. The molecule has 0 bridgehead atoms. The summed E-state index contributed by atoms with van der Waals surface area (Å²) in [6, 6.07) is 8.38. The highest BCUT2D eigenvalue weighted by Crippen LogP contribution is 2.43. The van der Waals surface area contributed by atoms with Crippen molar-refractivity contribution < 1.29 is 31.1 Å². The van der Waals surface area contributed by atoms with Crippen LogP contribution in [0.25, 0.3) is 6.08 Å². The van der Waals surface area contributed by atoms with Gasteiger partial charge in [-0.05, 0) is 61.7 Å². The first-order chi connectivity index (χ1) is 17.3. The predicted molar refractivity (Wildman–Crippen MR) is 133 cm³/mol. The lowest BCUT2D eigenvalue weighted by molar-refractivity contribution is -0.156. The van der Waals surface area contributed by atoms with Gasteiger partial charge in [0.25, 0.3) is 0 Å². The number of hydrogen-bond acceptors (Lipinski definition) is 2. The number of fused-ring (bicyclic) bond motifs is 2. The van der Waals surface area contributed by atoms with Crippen LogP contribution in [0.4, 0.5) is 26.3 Å². The minimum atomic E-state index is -4.77. The van der Waals surface area contributed by atoms with Gasteiger partial charge in [0.1, 0.15) is 0 Å². The molecule has 1 aromatic carbocycles. The highest BCUT2D eigenvalue weighted by atomic mass is 19.4. The Labute approximate surface area is 213 Å². The number of nitrogens with one attached hydrogen (secondary N) is 1. The summed E-state index contributed by atoms with van der Waals surface area (Å²) < 4.78 is 78.2. The number of allylic oxidation sites excluding steroid dienone is 4. The van der Waals surface area contributed by atoms with E-state index in [1.807, 2.05) is 6.07 Å². The highest BCUT2D eigenvalue weighted by Gasteiger charge is 2.38. The fourth-order valence-electron chi connectivity index (χ4n) is 4.83. The van der Waals surface area contributed by atoms with Crippen molar-refractivity contribution in [3.8, 4) is 0 Å². The number of carbonyl (C=O) groups excluding carboxylic acids is 1. The lowest BCUT2D eigenvalue weighted by atomic mass is 9.74. The molecule has 0 radical (unpaired) electrons. The zero-order valence-electron chi connectivity index (χ0n) is 20.8. The molecule has 1 saturated heterocycles. The summed E-state index contributed by atoms with van der Waals surface area (Å²) in [4.78, 5) is 14.6. The third kappa shape index (κ3) is 7.60. The Kier molecular flexibility index (Phi) is 9.10. The Morgan fingerprint density at radius 2 is 1.84 bits per heavy atom. The van der Waals surface area contributed by atoms with Crippen molar-refractivity contribution in [3.63, 3.8) is 0 Å². The third-order valence-electron chi connectivity index (χ3n) is 7.06.